The van der Waals surface area contributed by atoms with Crippen molar-refractivity contribution in [2.45, 2.75) is 18.9 Å². The van der Waals surface area contributed by atoms with Crippen LogP contribution in [0.5, 0.6) is 0 Å². The molecule has 1 fully saturated rings. The number of nitrogens with two attached hydrogens (primary N) is 1. The lowest BCUT2D eigenvalue weighted by atomic mass is 10.3. The van der Waals surface area contributed by atoms with Crippen molar-refractivity contribution in [3.8, 4) is 0 Å². The average molecular weight is 149 g/mol. The van der Waals surface area contributed by atoms with E-state index in [0.717, 1.165) is 19.4 Å². The van der Waals surface area contributed by atoms with Gasteiger partial charge in [0.2, 0.25) is 0 Å². The fraction of sp³-hybridized carbons (Fsp3) is 1.00. The van der Waals surface area contributed by atoms with Gasteiger partial charge in [-0.25, -0.2) is 4.21 Å². The van der Waals surface area contributed by atoms with Crippen LogP contribution < -0.4 is 5.14 Å². The van der Waals surface area contributed by atoms with Crippen LogP contribution in [0.4, 0.5) is 0 Å². The van der Waals surface area contributed by atoms with Gasteiger partial charge in [0.1, 0.15) is 0 Å². The maximum absolute atomic E-state index is 10.4. The van der Waals surface area contributed by atoms with E-state index in [-0.39, 0.29) is 6.10 Å². The highest BCUT2D eigenvalue weighted by Crippen LogP contribution is 2.11. The summed E-state index contributed by atoms with van der Waals surface area (Å²) in [6, 6.07) is 0. The van der Waals surface area contributed by atoms with E-state index in [0.29, 0.717) is 5.75 Å². The Bertz CT molecular complexity index is 112. The first-order valence-corrected chi connectivity index (χ1v) is 4.41. The van der Waals surface area contributed by atoms with Crippen LogP contribution in [-0.4, -0.2) is 22.7 Å². The summed E-state index contributed by atoms with van der Waals surface area (Å²) < 4.78 is 15.6. The molecule has 1 aliphatic rings. The van der Waals surface area contributed by atoms with Gasteiger partial charge in [-0.15, -0.1) is 0 Å². The monoisotopic (exact) mass is 149 g/mol. The van der Waals surface area contributed by atoms with Gasteiger partial charge < -0.3 is 4.74 Å². The first-order valence-electron chi connectivity index (χ1n) is 3.03. The van der Waals surface area contributed by atoms with E-state index in [4.69, 9.17) is 9.88 Å². The minimum absolute atomic E-state index is 0.163. The van der Waals surface area contributed by atoms with Crippen molar-refractivity contribution in [1.29, 1.82) is 0 Å². The Morgan fingerprint density at radius 3 is 3.00 bits per heavy atom. The van der Waals surface area contributed by atoms with Crippen molar-refractivity contribution in [3.05, 3.63) is 0 Å². The maximum Gasteiger partial charge on any atom is 0.0914 e. The standard InChI is InChI=1S/C5H11NO2S/c6-9(7)4-5-2-1-3-8-5/h5H,1-4,6H2. The third-order valence-electron chi connectivity index (χ3n) is 1.37. The van der Waals surface area contributed by atoms with Crippen LogP contribution in [0.15, 0.2) is 0 Å². The molecule has 0 aromatic heterocycles. The maximum atomic E-state index is 10.4. The van der Waals surface area contributed by atoms with Crippen molar-refractivity contribution in [2.24, 2.45) is 5.14 Å². The molecule has 2 atom stereocenters. The van der Waals surface area contributed by atoms with Crippen molar-refractivity contribution in [3.63, 3.8) is 0 Å². The van der Waals surface area contributed by atoms with Gasteiger partial charge >= 0.3 is 0 Å². The minimum atomic E-state index is -1.18. The quantitative estimate of drug-likeness (QED) is 0.590. The molecule has 0 aliphatic carbocycles. The van der Waals surface area contributed by atoms with E-state index in [1.807, 2.05) is 0 Å². The molecule has 54 valence electrons. The van der Waals surface area contributed by atoms with Crippen molar-refractivity contribution in [2.75, 3.05) is 12.4 Å². The summed E-state index contributed by atoms with van der Waals surface area (Å²) >= 11 is 0. The lowest BCUT2D eigenvalue weighted by Crippen LogP contribution is -2.20. The molecule has 0 amide bonds. The van der Waals surface area contributed by atoms with E-state index in [1.165, 1.54) is 0 Å². The van der Waals surface area contributed by atoms with E-state index < -0.39 is 11.0 Å². The smallest absolute Gasteiger partial charge is 0.0914 e. The van der Waals surface area contributed by atoms with Crippen LogP contribution in [-0.2, 0) is 15.7 Å². The molecular formula is C5H11NO2S. The zero-order valence-corrected chi connectivity index (χ0v) is 6.02. The van der Waals surface area contributed by atoms with Gasteiger partial charge in [-0.1, -0.05) is 0 Å². The van der Waals surface area contributed by atoms with E-state index >= 15 is 0 Å². The van der Waals surface area contributed by atoms with Gasteiger partial charge in [0.25, 0.3) is 0 Å². The van der Waals surface area contributed by atoms with Crippen LogP contribution in [0.2, 0.25) is 0 Å². The molecule has 0 aromatic carbocycles. The van der Waals surface area contributed by atoms with Crippen molar-refractivity contribution < 1.29 is 8.95 Å². The van der Waals surface area contributed by atoms with Gasteiger partial charge in [0.15, 0.2) is 0 Å². The first-order chi connectivity index (χ1) is 4.29. The van der Waals surface area contributed by atoms with Gasteiger partial charge in [0, 0.05) is 6.61 Å². The first kappa shape index (κ1) is 7.18. The van der Waals surface area contributed by atoms with Crippen LogP contribution in [0.3, 0.4) is 0 Å². The lowest BCUT2D eigenvalue weighted by molar-refractivity contribution is 0.128. The van der Waals surface area contributed by atoms with Crippen LogP contribution in [0.1, 0.15) is 12.8 Å². The number of hydrogen-bond acceptors (Lipinski definition) is 2. The molecule has 0 saturated carbocycles. The summed E-state index contributed by atoms with van der Waals surface area (Å²) in [6.07, 6.45) is 2.26. The molecule has 4 heteroatoms. The van der Waals surface area contributed by atoms with E-state index in [2.05, 4.69) is 0 Å². The molecule has 1 rings (SSSR count). The zero-order chi connectivity index (χ0) is 6.69. The van der Waals surface area contributed by atoms with Gasteiger partial charge in [-0.05, 0) is 12.8 Å². The Labute approximate surface area is 57.2 Å². The number of ether oxygens (including phenoxy) is 1. The minimum Gasteiger partial charge on any atom is -0.377 e. The Morgan fingerprint density at radius 2 is 2.56 bits per heavy atom. The molecule has 0 aromatic rings. The fourth-order valence-electron chi connectivity index (χ4n) is 0.959. The van der Waals surface area contributed by atoms with Crippen molar-refractivity contribution >= 4 is 11.0 Å². The van der Waals surface area contributed by atoms with Gasteiger partial charge in [-0.2, -0.15) is 0 Å². The molecular weight excluding hydrogens is 138 g/mol. The molecule has 0 radical (unpaired) electrons. The SMILES string of the molecule is NS(=O)CC1CCCO1. The molecule has 2 N–H and O–H groups in total. The molecule has 1 aliphatic heterocycles. The molecule has 1 heterocycles. The summed E-state index contributed by atoms with van der Waals surface area (Å²) in [5, 5.41) is 5.06. The summed E-state index contributed by atoms with van der Waals surface area (Å²) in [5.74, 6) is 0.500. The zero-order valence-electron chi connectivity index (χ0n) is 5.21. The molecule has 0 spiro atoms. The fourth-order valence-corrected chi connectivity index (χ4v) is 1.59. The third-order valence-corrected chi connectivity index (χ3v) is 2.07. The summed E-state index contributed by atoms with van der Waals surface area (Å²) in [4.78, 5) is 0. The van der Waals surface area contributed by atoms with E-state index in [9.17, 15) is 4.21 Å². The Hall–Kier alpha value is 0.0700. The highest BCUT2D eigenvalue weighted by atomic mass is 32.2. The third kappa shape index (κ3) is 2.43. The second-order valence-electron chi connectivity index (χ2n) is 2.18. The lowest BCUT2D eigenvalue weighted by Gasteiger charge is -2.04. The highest BCUT2D eigenvalue weighted by Gasteiger charge is 2.16. The Balaban J connectivity index is 2.19. The van der Waals surface area contributed by atoms with Gasteiger partial charge in [0.05, 0.1) is 22.8 Å². The van der Waals surface area contributed by atoms with Crippen LogP contribution in [0.25, 0.3) is 0 Å². The van der Waals surface area contributed by atoms with E-state index in [1.54, 1.807) is 0 Å². The Kier molecular flexibility index (Phi) is 2.63. The Morgan fingerprint density at radius 1 is 1.78 bits per heavy atom. The predicted octanol–water partition coefficient (Wildman–Crippen LogP) is -0.212. The highest BCUT2D eigenvalue weighted by molar-refractivity contribution is 7.82. The second-order valence-corrected chi connectivity index (χ2v) is 3.28. The van der Waals surface area contributed by atoms with Gasteiger partial charge in [-0.3, -0.25) is 5.14 Å². The summed E-state index contributed by atoms with van der Waals surface area (Å²) in [6.45, 7) is 0.807. The summed E-state index contributed by atoms with van der Waals surface area (Å²) in [5.41, 5.74) is 0. The topological polar surface area (TPSA) is 52.3 Å². The predicted molar refractivity (Wildman–Crippen MR) is 36.2 cm³/mol. The second kappa shape index (κ2) is 3.29. The number of hydrogen-bond donors (Lipinski definition) is 1. The molecule has 9 heavy (non-hydrogen) atoms. The molecule has 0 bridgehead atoms. The average Bonchev–Trinajstić information content (AvgIpc) is 2.15. The van der Waals surface area contributed by atoms with Crippen LogP contribution >= 0.6 is 0 Å². The van der Waals surface area contributed by atoms with Crippen molar-refractivity contribution in [1.82, 2.24) is 0 Å². The molecule has 1 saturated heterocycles. The normalized spacial score (nSPS) is 30.6. The summed E-state index contributed by atoms with van der Waals surface area (Å²) in [7, 11) is -1.18. The largest absolute Gasteiger partial charge is 0.377 e. The molecule has 3 nitrogen and oxygen atoms in total. The molecule has 2 unspecified atom stereocenters. The number of rotatable bonds is 2. The van der Waals surface area contributed by atoms with Crippen LogP contribution in [0, 0.1) is 0 Å².